The van der Waals surface area contributed by atoms with Gasteiger partial charge in [0, 0.05) is 5.02 Å². The monoisotopic (exact) mass is 317 g/mol. The molecule has 1 saturated carbocycles. The molecule has 5 heteroatoms. The fourth-order valence-corrected chi connectivity index (χ4v) is 2.81. The van der Waals surface area contributed by atoms with Gasteiger partial charge in [-0.15, -0.1) is 0 Å². The zero-order valence-corrected chi connectivity index (χ0v) is 13.7. The van der Waals surface area contributed by atoms with Crippen LogP contribution in [0.3, 0.4) is 0 Å². The second-order valence-electron chi connectivity index (χ2n) is 5.93. The molecule has 1 N–H and O–H groups in total. The molecule has 1 fully saturated rings. The molecule has 2 aromatic rings. The van der Waals surface area contributed by atoms with Crippen molar-refractivity contribution in [3.05, 3.63) is 46.2 Å². The van der Waals surface area contributed by atoms with Gasteiger partial charge in [0.2, 0.25) is 0 Å². The van der Waals surface area contributed by atoms with Crippen molar-refractivity contribution < 1.29 is 4.79 Å². The Labute approximate surface area is 135 Å². The molecule has 1 aromatic carbocycles. The summed E-state index contributed by atoms with van der Waals surface area (Å²) in [7, 11) is 0. The van der Waals surface area contributed by atoms with Crippen LogP contribution in [0, 0.1) is 19.8 Å². The Morgan fingerprint density at radius 2 is 2.00 bits per heavy atom. The van der Waals surface area contributed by atoms with Gasteiger partial charge in [-0.05, 0) is 63.4 Å². The zero-order chi connectivity index (χ0) is 15.7. The number of rotatable bonds is 6. The number of aryl methyl sites for hydroxylation is 1. The number of aromatic nitrogens is 2. The summed E-state index contributed by atoms with van der Waals surface area (Å²) >= 11 is 5.92. The molecule has 1 aliphatic rings. The summed E-state index contributed by atoms with van der Waals surface area (Å²) in [4.78, 5) is 12.5. The lowest BCUT2D eigenvalue weighted by atomic mass is 10.1. The van der Waals surface area contributed by atoms with Gasteiger partial charge >= 0.3 is 0 Å². The number of ketones is 1. The number of nitrogens with one attached hydrogen (secondary N) is 1. The Balaban J connectivity index is 1.79. The zero-order valence-electron chi connectivity index (χ0n) is 12.9. The first-order valence-electron chi connectivity index (χ1n) is 7.62. The van der Waals surface area contributed by atoms with Crippen LogP contribution in [-0.2, 0) is 0 Å². The van der Waals surface area contributed by atoms with Gasteiger partial charge in [-0.3, -0.25) is 4.79 Å². The van der Waals surface area contributed by atoms with Gasteiger partial charge in [-0.2, -0.15) is 5.10 Å². The van der Waals surface area contributed by atoms with E-state index in [1.165, 1.54) is 12.8 Å². The van der Waals surface area contributed by atoms with Crippen molar-refractivity contribution in [1.82, 2.24) is 15.1 Å². The van der Waals surface area contributed by atoms with Gasteiger partial charge in [0.05, 0.1) is 29.2 Å². The Hall–Kier alpha value is -1.65. The van der Waals surface area contributed by atoms with Gasteiger partial charge in [0.25, 0.3) is 0 Å². The highest BCUT2D eigenvalue weighted by molar-refractivity contribution is 6.30. The van der Waals surface area contributed by atoms with E-state index < -0.39 is 0 Å². The van der Waals surface area contributed by atoms with Crippen molar-refractivity contribution in [3.63, 3.8) is 0 Å². The molecule has 0 spiro atoms. The van der Waals surface area contributed by atoms with Crippen LogP contribution in [0.5, 0.6) is 0 Å². The molecule has 0 aliphatic heterocycles. The van der Waals surface area contributed by atoms with Gasteiger partial charge in [0.15, 0.2) is 5.78 Å². The van der Waals surface area contributed by atoms with Crippen LogP contribution in [-0.4, -0.2) is 28.7 Å². The SMILES string of the molecule is Cc1nn(-c2ccc(Cl)cc2)c(C)c1C(=O)CNCC1CC1. The number of nitrogens with zero attached hydrogens (tertiary/aromatic N) is 2. The lowest BCUT2D eigenvalue weighted by Crippen LogP contribution is -2.25. The quantitative estimate of drug-likeness (QED) is 0.831. The fraction of sp³-hybridized carbons (Fsp3) is 0.412. The standard InChI is InChI=1S/C17H20ClN3O/c1-11-17(16(22)10-19-9-13-3-4-13)12(2)21(20-11)15-7-5-14(18)6-8-15/h5-8,13,19H,3-4,9-10H2,1-2H3. The molecule has 1 aromatic heterocycles. The average molecular weight is 318 g/mol. The van der Waals surface area contributed by atoms with E-state index >= 15 is 0 Å². The van der Waals surface area contributed by atoms with E-state index in [0.29, 0.717) is 11.6 Å². The van der Waals surface area contributed by atoms with E-state index in [1.54, 1.807) is 4.68 Å². The molecule has 0 atom stereocenters. The van der Waals surface area contributed by atoms with Gasteiger partial charge in [-0.1, -0.05) is 11.6 Å². The van der Waals surface area contributed by atoms with Crippen molar-refractivity contribution >= 4 is 17.4 Å². The highest BCUT2D eigenvalue weighted by atomic mass is 35.5. The Morgan fingerprint density at radius 3 is 2.64 bits per heavy atom. The van der Waals surface area contributed by atoms with Crippen LogP contribution >= 0.6 is 11.6 Å². The summed E-state index contributed by atoms with van der Waals surface area (Å²) in [6.07, 6.45) is 2.57. The summed E-state index contributed by atoms with van der Waals surface area (Å²) in [6.45, 7) is 5.13. The van der Waals surface area contributed by atoms with Crippen molar-refractivity contribution in [2.75, 3.05) is 13.1 Å². The van der Waals surface area contributed by atoms with Crippen molar-refractivity contribution in [1.29, 1.82) is 0 Å². The summed E-state index contributed by atoms with van der Waals surface area (Å²) in [5, 5.41) is 8.45. The maximum Gasteiger partial charge on any atom is 0.180 e. The third-order valence-corrected chi connectivity index (χ3v) is 4.31. The molecule has 116 valence electrons. The van der Waals surface area contributed by atoms with Crippen LogP contribution in [0.1, 0.15) is 34.6 Å². The minimum atomic E-state index is 0.107. The summed E-state index contributed by atoms with van der Waals surface area (Å²) in [5.74, 6) is 0.877. The number of halogens is 1. The number of carbonyl (C=O) groups excluding carboxylic acids is 1. The van der Waals surface area contributed by atoms with Crippen molar-refractivity contribution in [2.24, 2.45) is 5.92 Å². The van der Waals surface area contributed by atoms with Crippen molar-refractivity contribution in [3.8, 4) is 5.69 Å². The smallest absolute Gasteiger partial charge is 0.180 e. The molecule has 3 rings (SSSR count). The number of carbonyl (C=O) groups is 1. The highest BCUT2D eigenvalue weighted by Gasteiger charge is 2.22. The highest BCUT2D eigenvalue weighted by Crippen LogP contribution is 2.27. The number of hydrogen-bond donors (Lipinski definition) is 1. The third kappa shape index (κ3) is 3.23. The first-order chi connectivity index (χ1) is 10.6. The second-order valence-corrected chi connectivity index (χ2v) is 6.37. The lowest BCUT2D eigenvalue weighted by Gasteiger charge is -2.06. The first-order valence-corrected chi connectivity index (χ1v) is 8.00. The van der Waals surface area contributed by atoms with Crippen molar-refractivity contribution in [2.45, 2.75) is 26.7 Å². The Morgan fingerprint density at radius 1 is 1.32 bits per heavy atom. The maximum atomic E-state index is 12.5. The molecule has 1 heterocycles. The molecule has 0 radical (unpaired) electrons. The van der Waals surface area contributed by atoms with E-state index in [-0.39, 0.29) is 5.78 Å². The second kappa shape index (κ2) is 6.23. The topological polar surface area (TPSA) is 46.9 Å². The summed E-state index contributed by atoms with van der Waals surface area (Å²) in [6, 6.07) is 7.46. The number of benzene rings is 1. The molecule has 22 heavy (non-hydrogen) atoms. The molecule has 0 bridgehead atoms. The molecular weight excluding hydrogens is 298 g/mol. The lowest BCUT2D eigenvalue weighted by molar-refractivity contribution is 0.0990. The first kappa shape index (κ1) is 15.3. The van der Waals surface area contributed by atoms with E-state index in [4.69, 9.17) is 11.6 Å². The number of Topliss-reactive ketones (excluding diaryl/α,β-unsaturated/α-hetero) is 1. The fourth-order valence-electron chi connectivity index (χ4n) is 2.68. The van der Waals surface area contributed by atoms with Crippen LogP contribution in [0.2, 0.25) is 5.02 Å². The molecule has 0 unspecified atom stereocenters. The average Bonchev–Trinajstić information content (AvgIpc) is 3.25. The maximum absolute atomic E-state index is 12.5. The molecule has 0 saturated heterocycles. The predicted octanol–water partition coefficient (Wildman–Crippen LogP) is 3.32. The summed E-state index contributed by atoms with van der Waals surface area (Å²) in [5.41, 5.74) is 3.27. The van der Waals surface area contributed by atoms with Crippen LogP contribution in [0.25, 0.3) is 5.69 Å². The molecule has 4 nitrogen and oxygen atoms in total. The predicted molar refractivity (Wildman–Crippen MR) is 88.0 cm³/mol. The normalized spacial score (nSPS) is 14.3. The summed E-state index contributed by atoms with van der Waals surface area (Å²) < 4.78 is 1.81. The van der Waals surface area contributed by atoms with Crippen LogP contribution in [0.15, 0.2) is 24.3 Å². The van der Waals surface area contributed by atoms with Gasteiger partial charge in [0.1, 0.15) is 0 Å². The van der Waals surface area contributed by atoms with Gasteiger partial charge < -0.3 is 5.32 Å². The van der Waals surface area contributed by atoms with E-state index in [2.05, 4.69) is 10.4 Å². The third-order valence-electron chi connectivity index (χ3n) is 4.06. The van der Waals surface area contributed by atoms with E-state index in [9.17, 15) is 4.79 Å². The minimum absolute atomic E-state index is 0.107. The van der Waals surface area contributed by atoms with Gasteiger partial charge in [-0.25, -0.2) is 4.68 Å². The molecule has 0 amide bonds. The number of hydrogen-bond acceptors (Lipinski definition) is 3. The largest absolute Gasteiger partial charge is 0.309 e. The van der Waals surface area contributed by atoms with Crippen LogP contribution < -0.4 is 5.32 Å². The minimum Gasteiger partial charge on any atom is -0.309 e. The van der Waals surface area contributed by atoms with E-state index in [0.717, 1.165) is 35.1 Å². The van der Waals surface area contributed by atoms with E-state index in [1.807, 2.05) is 38.1 Å². The molecular formula is C17H20ClN3O. The molecule has 1 aliphatic carbocycles. The Kier molecular flexibility index (Phi) is 4.32. The van der Waals surface area contributed by atoms with Crippen LogP contribution in [0.4, 0.5) is 0 Å². The Bertz CT molecular complexity index is 687.